The molecule has 0 aromatic heterocycles. The molecule has 102 valence electrons. The molecule has 0 aromatic carbocycles. The number of hydrogen-bond acceptors (Lipinski definition) is 1. The average molecular weight is 306 g/mol. The Balaban J connectivity index is 4.05. The molecule has 0 fully saturated rings. The van der Waals surface area contributed by atoms with Gasteiger partial charge in [-0.3, -0.25) is 4.79 Å². The molecule has 0 radical (unpaired) electrons. The molecule has 1 unspecified atom stereocenters. The second-order valence-electron chi connectivity index (χ2n) is 5.57. The summed E-state index contributed by atoms with van der Waals surface area (Å²) in [6, 6.07) is 0. The van der Waals surface area contributed by atoms with Gasteiger partial charge in [0.1, 0.15) is 0 Å². The smallest absolute Gasteiger partial charge is 0.223 e. The summed E-state index contributed by atoms with van der Waals surface area (Å²) in [4.78, 5) is 12.0. The molecule has 1 atom stereocenters. The first-order chi connectivity index (χ1) is 7.96. The molecule has 0 spiro atoms. The van der Waals surface area contributed by atoms with E-state index in [1.165, 1.54) is 6.42 Å². The standard InChI is InChI=1S/C14H28BrNO/c1-5-7-8-12(6-2)13(17)16-11-14(3,4)9-10-15/h12H,5-11H2,1-4H3,(H,16,17). The summed E-state index contributed by atoms with van der Waals surface area (Å²) in [7, 11) is 0. The van der Waals surface area contributed by atoms with Crippen molar-refractivity contribution < 1.29 is 4.79 Å². The molecule has 1 N–H and O–H groups in total. The first kappa shape index (κ1) is 16.9. The minimum atomic E-state index is 0.183. The molecule has 1 amide bonds. The van der Waals surface area contributed by atoms with Crippen molar-refractivity contribution in [2.75, 3.05) is 11.9 Å². The van der Waals surface area contributed by atoms with Crippen LogP contribution in [0.4, 0.5) is 0 Å². The van der Waals surface area contributed by atoms with Gasteiger partial charge in [0.15, 0.2) is 0 Å². The van der Waals surface area contributed by atoms with Crippen LogP contribution in [0.2, 0.25) is 0 Å². The second kappa shape index (κ2) is 8.96. The van der Waals surface area contributed by atoms with Gasteiger partial charge in [-0.2, -0.15) is 0 Å². The topological polar surface area (TPSA) is 29.1 Å². The number of carbonyl (C=O) groups excluding carboxylic acids is 1. The molecule has 3 heteroatoms. The molecule has 0 saturated heterocycles. The Bertz CT molecular complexity index is 216. The lowest BCUT2D eigenvalue weighted by Crippen LogP contribution is -2.37. The minimum Gasteiger partial charge on any atom is -0.355 e. The molecular formula is C14H28BrNO. The van der Waals surface area contributed by atoms with E-state index in [0.717, 1.165) is 37.6 Å². The SMILES string of the molecule is CCCCC(CC)C(=O)NCC(C)(C)CCBr. The molecule has 0 bridgehead atoms. The summed E-state index contributed by atoms with van der Waals surface area (Å²) in [6.45, 7) is 9.44. The van der Waals surface area contributed by atoms with Crippen LogP contribution >= 0.6 is 15.9 Å². The van der Waals surface area contributed by atoms with Crippen molar-refractivity contribution in [2.45, 2.75) is 59.8 Å². The van der Waals surface area contributed by atoms with E-state index < -0.39 is 0 Å². The normalized spacial score (nSPS) is 13.5. The van der Waals surface area contributed by atoms with Crippen molar-refractivity contribution >= 4 is 21.8 Å². The molecule has 2 nitrogen and oxygen atoms in total. The zero-order chi connectivity index (χ0) is 13.3. The fraction of sp³-hybridized carbons (Fsp3) is 0.929. The molecule has 17 heavy (non-hydrogen) atoms. The molecule has 0 saturated carbocycles. The molecular weight excluding hydrogens is 278 g/mol. The van der Waals surface area contributed by atoms with Crippen molar-refractivity contribution in [1.29, 1.82) is 0 Å². The number of nitrogens with one attached hydrogen (secondary N) is 1. The quantitative estimate of drug-likeness (QED) is 0.638. The lowest BCUT2D eigenvalue weighted by molar-refractivity contribution is -0.125. The Hall–Kier alpha value is -0.0500. The molecule has 0 aliphatic carbocycles. The van der Waals surface area contributed by atoms with E-state index in [-0.39, 0.29) is 17.2 Å². The number of amides is 1. The van der Waals surface area contributed by atoms with Crippen LogP contribution in [0.25, 0.3) is 0 Å². The number of halogens is 1. The molecule has 0 aliphatic heterocycles. The zero-order valence-electron chi connectivity index (χ0n) is 11.8. The summed E-state index contributed by atoms with van der Waals surface area (Å²) in [5, 5.41) is 4.10. The van der Waals surface area contributed by atoms with E-state index in [0.29, 0.717) is 0 Å². The largest absolute Gasteiger partial charge is 0.355 e. The highest BCUT2D eigenvalue weighted by atomic mass is 79.9. The number of unbranched alkanes of at least 4 members (excludes halogenated alkanes) is 1. The summed E-state index contributed by atoms with van der Waals surface area (Å²) in [5.74, 6) is 0.443. The Morgan fingerprint density at radius 2 is 2.00 bits per heavy atom. The van der Waals surface area contributed by atoms with E-state index in [1.807, 2.05) is 0 Å². The molecule has 0 aliphatic rings. The predicted molar refractivity (Wildman–Crippen MR) is 78.5 cm³/mol. The predicted octanol–water partition coefficient (Wildman–Crippen LogP) is 4.13. The number of hydrogen-bond donors (Lipinski definition) is 1. The molecule has 0 aromatic rings. The lowest BCUT2D eigenvalue weighted by atomic mass is 9.89. The van der Waals surface area contributed by atoms with E-state index in [2.05, 4.69) is 48.9 Å². The van der Waals surface area contributed by atoms with Crippen LogP contribution in [-0.2, 0) is 4.79 Å². The fourth-order valence-corrected chi connectivity index (χ4v) is 2.86. The average Bonchev–Trinajstić information content (AvgIpc) is 2.27. The third-order valence-corrected chi connectivity index (χ3v) is 3.68. The van der Waals surface area contributed by atoms with Crippen LogP contribution in [0.15, 0.2) is 0 Å². The van der Waals surface area contributed by atoms with Crippen LogP contribution < -0.4 is 5.32 Å². The van der Waals surface area contributed by atoms with Crippen molar-refractivity contribution in [3.63, 3.8) is 0 Å². The minimum absolute atomic E-state index is 0.183. The van der Waals surface area contributed by atoms with E-state index >= 15 is 0 Å². The third kappa shape index (κ3) is 7.80. The molecule has 0 heterocycles. The highest BCUT2D eigenvalue weighted by molar-refractivity contribution is 9.09. The maximum Gasteiger partial charge on any atom is 0.223 e. The van der Waals surface area contributed by atoms with Gasteiger partial charge in [0, 0.05) is 17.8 Å². The number of carbonyl (C=O) groups is 1. The first-order valence-corrected chi connectivity index (χ1v) is 7.92. The summed E-state index contributed by atoms with van der Waals surface area (Å²) in [5.41, 5.74) is 0.183. The van der Waals surface area contributed by atoms with Gasteiger partial charge in [-0.15, -0.1) is 0 Å². The Morgan fingerprint density at radius 1 is 1.35 bits per heavy atom. The van der Waals surface area contributed by atoms with Crippen LogP contribution in [0.5, 0.6) is 0 Å². The van der Waals surface area contributed by atoms with Gasteiger partial charge in [0.05, 0.1) is 0 Å². The Morgan fingerprint density at radius 3 is 2.47 bits per heavy atom. The lowest BCUT2D eigenvalue weighted by Gasteiger charge is -2.25. The van der Waals surface area contributed by atoms with Crippen molar-refractivity contribution in [3.8, 4) is 0 Å². The van der Waals surface area contributed by atoms with Gasteiger partial charge in [0.2, 0.25) is 5.91 Å². The first-order valence-electron chi connectivity index (χ1n) is 6.80. The summed E-state index contributed by atoms with van der Waals surface area (Å²) >= 11 is 3.46. The fourth-order valence-electron chi connectivity index (χ4n) is 1.79. The zero-order valence-corrected chi connectivity index (χ0v) is 13.4. The Labute approximate surface area is 115 Å². The monoisotopic (exact) mass is 305 g/mol. The maximum atomic E-state index is 12.0. The number of alkyl halides is 1. The highest BCUT2D eigenvalue weighted by Gasteiger charge is 2.21. The van der Waals surface area contributed by atoms with Gasteiger partial charge in [-0.1, -0.05) is 56.5 Å². The van der Waals surface area contributed by atoms with Gasteiger partial charge >= 0.3 is 0 Å². The molecule has 0 rings (SSSR count). The van der Waals surface area contributed by atoms with Crippen molar-refractivity contribution in [2.24, 2.45) is 11.3 Å². The van der Waals surface area contributed by atoms with Crippen LogP contribution in [0.3, 0.4) is 0 Å². The van der Waals surface area contributed by atoms with Crippen LogP contribution in [0, 0.1) is 11.3 Å². The van der Waals surface area contributed by atoms with E-state index in [1.54, 1.807) is 0 Å². The van der Waals surface area contributed by atoms with E-state index in [4.69, 9.17) is 0 Å². The van der Waals surface area contributed by atoms with Crippen LogP contribution in [-0.4, -0.2) is 17.8 Å². The van der Waals surface area contributed by atoms with Gasteiger partial charge in [0.25, 0.3) is 0 Å². The third-order valence-electron chi connectivity index (χ3n) is 3.28. The van der Waals surface area contributed by atoms with Crippen molar-refractivity contribution in [1.82, 2.24) is 5.32 Å². The maximum absolute atomic E-state index is 12.0. The number of rotatable bonds is 9. The van der Waals surface area contributed by atoms with Gasteiger partial charge in [-0.25, -0.2) is 0 Å². The van der Waals surface area contributed by atoms with Crippen LogP contribution in [0.1, 0.15) is 59.8 Å². The van der Waals surface area contributed by atoms with Gasteiger partial charge in [-0.05, 0) is 24.7 Å². The highest BCUT2D eigenvalue weighted by Crippen LogP contribution is 2.20. The van der Waals surface area contributed by atoms with Gasteiger partial charge < -0.3 is 5.32 Å². The summed E-state index contributed by atoms with van der Waals surface area (Å²) in [6.07, 6.45) is 5.37. The van der Waals surface area contributed by atoms with Crippen molar-refractivity contribution in [3.05, 3.63) is 0 Å². The van der Waals surface area contributed by atoms with E-state index in [9.17, 15) is 4.79 Å². The Kier molecular flexibility index (Phi) is 8.93. The second-order valence-corrected chi connectivity index (χ2v) is 6.36. The summed E-state index contributed by atoms with van der Waals surface area (Å²) < 4.78 is 0.